The van der Waals surface area contributed by atoms with Gasteiger partial charge in [0, 0.05) is 17.8 Å². The van der Waals surface area contributed by atoms with Crippen LogP contribution in [-0.2, 0) is 0 Å². The number of amides is 2. The molecule has 0 radical (unpaired) electrons. The van der Waals surface area contributed by atoms with Crippen molar-refractivity contribution in [2.24, 2.45) is 0 Å². The van der Waals surface area contributed by atoms with Crippen LogP contribution >= 0.6 is 0 Å². The molecule has 0 aliphatic carbocycles. The standard InChI is InChI=1S/C12H16N2O2/c1-2-3-8-13-12(16)14-11-6-4-10(9-15)5-7-11/h4-7,9H,2-3,8H2,1H3,(H2,13,14,16). The lowest BCUT2D eigenvalue weighted by atomic mass is 10.2. The molecule has 0 bridgehead atoms. The first-order valence-electron chi connectivity index (χ1n) is 5.36. The summed E-state index contributed by atoms with van der Waals surface area (Å²) in [6, 6.07) is 6.50. The van der Waals surface area contributed by atoms with Gasteiger partial charge >= 0.3 is 6.03 Å². The largest absolute Gasteiger partial charge is 0.338 e. The number of unbranched alkanes of at least 4 members (excludes halogenated alkanes) is 1. The molecule has 0 unspecified atom stereocenters. The Morgan fingerprint density at radius 2 is 2.00 bits per heavy atom. The van der Waals surface area contributed by atoms with Crippen LogP contribution in [0.1, 0.15) is 30.1 Å². The van der Waals surface area contributed by atoms with Gasteiger partial charge in [-0.25, -0.2) is 4.79 Å². The van der Waals surface area contributed by atoms with Crippen LogP contribution in [0.3, 0.4) is 0 Å². The second-order valence-corrected chi connectivity index (χ2v) is 3.47. The third-order valence-electron chi connectivity index (χ3n) is 2.12. The second-order valence-electron chi connectivity index (χ2n) is 3.47. The molecule has 0 heterocycles. The zero-order valence-corrected chi connectivity index (χ0v) is 9.32. The van der Waals surface area contributed by atoms with Gasteiger partial charge in [-0.15, -0.1) is 0 Å². The molecule has 1 rings (SSSR count). The average Bonchev–Trinajstić information content (AvgIpc) is 2.30. The molecule has 2 amide bonds. The van der Waals surface area contributed by atoms with Crippen LogP contribution < -0.4 is 10.6 Å². The molecule has 0 spiro atoms. The molecule has 0 atom stereocenters. The third-order valence-corrected chi connectivity index (χ3v) is 2.12. The Morgan fingerprint density at radius 3 is 2.56 bits per heavy atom. The minimum Gasteiger partial charge on any atom is -0.338 e. The van der Waals surface area contributed by atoms with Crippen LogP contribution in [0.15, 0.2) is 24.3 Å². The summed E-state index contributed by atoms with van der Waals surface area (Å²) >= 11 is 0. The topological polar surface area (TPSA) is 58.2 Å². The first kappa shape index (κ1) is 12.2. The maximum Gasteiger partial charge on any atom is 0.319 e. The van der Waals surface area contributed by atoms with Crippen molar-refractivity contribution >= 4 is 18.0 Å². The molecular weight excluding hydrogens is 204 g/mol. The van der Waals surface area contributed by atoms with E-state index < -0.39 is 0 Å². The van der Waals surface area contributed by atoms with E-state index in [0.29, 0.717) is 17.8 Å². The monoisotopic (exact) mass is 220 g/mol. The van der Waals surface area contributed by atoms with Gasteiger partial charge in [0.1, 0.15) is 6.29 Å². The lowest BCUT2D eigenvalue weighted by Gasteiger charge is -2.06. The Kier molecular flexibility index (Phi) is 5.05. The van der Waals surface area contributed by atoms with E-state index in [4.69, 9.17) is 0 Å². The van der Waals surface area contributed by atoms with E-state index in [1.807, 2.05) is 0 Å². The van der Waals surface area contributed by atoms with Gasteiger partial charge in [-0.3, -0.25) is 4.79 Å². The number of hydrogen-bond acceptors (Lipinski definition) is 2. The van der Waals surface area contributed by atoms with Crippen LogP contribution in [0.5, 0.6) is 0 Å². The Labute approximate surface area is 95.0 Å². The quantitative estimate of drug-likeness (QED) is 0.591. The zero-order valence-electron chi connectivity index (χ0n) is 9.32. The molecule has 4 nitrogen and oxygen atoms in total. The molecule has 16 heavy (non-hydrogen) atoms. The Hall–Kier alpha value is -1.84. The fourth-order valence-corrected chi connectivity index (χ4v) is 1.20. The maximum atomic E-state index is 11.3. The first-order chi connectivity index (χ1) is 7.76. The highest BCUT2D eigenvalue weighted by Gasteiger charge is 1.99. The van der Waals surface area contributed by atoms with E-state index in [-0.39, 0.29) is 6.03 Å². The molecule has 86 valence electrons. The molecule has 1 aromatic carbocycles. The predicted octanol–water partition coefficient (Wildman–Crippen LogP) is 2.42. The molecule has 2 N–H and O–H groups in total. The molecular formula is C12H16N2O2. The number of carbonyl (C=O) groups excluding carboxylic acids is 2. The summed E-state index contributed by atoms with van der Waals surface area (Å²) in [4.78, 5) is 21.8. The fourth-order valence-electron chi connectivity index (χ4n) is 1.20. The van der Waals surface area contributed by atoms with Gasteiger partial charge in [0.15, 0.2) is 0 Å². The van der Waals surface area contributed by atoms with E-state index in [1.54, 1.807) is 24.3 Å². The van der Waals surface area contributed by atoms with Crippen LogP contribution in [0.25, 0.3) is 0 Å². The van der Waals surface area contributed by atoms with Gasteiger partial charge in [0.25, 0.3) is 0 Å². The van der Waals surface area contributed by atoms with E-state index >= 15 is 0 Å². The number of rotatable bonds is 5. The van der Waals surface area contributed by atoms with Crippen molar-refractivity contribution in [2.45, 2.75) is 19.8 Å². The highest BCUT2D eigenvalue weighted by atomic mass is 16.2. The van der Waals surface area contributed by atoms with E-state index in [0.717, 1.165) is 19.1 Å². The van der Waals surface area contributed by atoms with Crippen molar-refractivity contribution in [1.82, 2.24) is 5.32 Å². The number of carbonyl (C=O) groups is 2. The highest BCUT2D eigenvalue weighted by molar-refractivity contribution is 5.89. The van der Waals surface area contributed by atoms with Crippen molar-refractivity contribution in [3.8, 4) is 0 Å². The molecule has 1 aromatic rings. The van der Waals surface area contributed by atoms with Gasteiger partial charge in [-0.1, -0.05) is 13.3 Å². The summed E-state index contributed by atoms with van der Waals surface area (Å²) < 4.78 is 0. The van der Waals surface area contributed by atoms with Crippen molar-refractivity contribution < 1.29 is 9.59 Å². The number of hydrogen-bond donors (Lipinski definition) is 2. The molecule has 4 heteroatoms. The number of aldehydes is 1. The summed E-state index contributed by atoms with van der Waals surface area (Å²) in [6.07, 6.45) is 2.79. The molecule has 0 aliphatic heterocycles. The average molecular weight is 220 g/mol. The third kappa shape index (κ3) is 4.13. The summed E-state index contributed by atoms with van der Waals surface area (Å²) in [7, 11) is 0. The van der Waals surface area contributed by atoms with Crippen molar-refractivity contribution in [3.05, 3.63) is 29.8 Å². The molecule has 0 fully saturated rings. The molecule has 0 saturated heterocycles. The molecule has 0 saturated carbocycles. The fraction of sp³-hybridized carbons (Fsp3) is 0.333. The van der Waals surface area contributed by atoms with Crippen LogP contribution in [0, 0.1) is 0 Å². The minimum atomic E-state index is -0.215. The highest BCUT2D eigenvalue weighted by Crippen LogP contribution is 2.07. The van der Waals surface area contributed by atoms with Crippen molar-refractivity contribution in [3.63, 3.8) is 0 Å². The minimum absolute atomic E-state index is 0.215. The Balaban J connectivity index is 2.40. The number of anilines is 1. The Morgan fingerprint density at radius 1 is 1.31 bits per heavy atom. The molecule has 0 aromatic heterocycles. The van der Waals surface area contributed by atoms with Crippen LogP contribution in [-0.4, -0.2) is 18.9 Å². The first-order valence-corrected chi connectivity index (χ1v) is 5.36. The van der Waals surface area contributed by atoms with Gasteiger partial charge in [-0.2, -0.15) is 0 Å². The van der Waals surface area contributed by atoms with E-state index in [9.17, 15) is 9.59 Å². The Bertz CT molecular complexity index is 347. The van der Waals surface area contributed by atoms with Gasteiger partial charge in [0.05, 0.1) is 0 Å². The zero-order chi connectivity index (χ0) is 11.8. The smallest absolute Gasteiger partial charge is 0.319 e. The summed E-state index contributed by atoms with van der Waals surface area (Å²) in [5.74, 6) is 0. The van der Waals surface area contributed by atoms with Crippen LogP contribution in [0.4, 0.5) is 10.5 Å². The lowest BCUT2D eigenvalue weighted by molar-refractivity contribution is 0.112. The van der Waals surface area contributed by atoms with Gasteiger partial charge in [0.2, 0.25) is 0 Å². The number of nitrogens with one attached hydrogen (secondary N) is 2. The number of benzene rings is 1. The van der Waals surface area contributed by atoms with E-state index in [2.05, 4.69) is 17.6 Å². The van der Waals surface area contributed by atoms with Crippen molar-refractivity contribution in [2.75, 3.05) is 11.9 Å². The summed E-state index contributed by atoms with van der Waals surface area (Å²) in [5.41, 5.74) is 1.27. The maximum absolute atomic E-state index is 11.3. The summed E-state index contributed by atoms with van der Waals surface area (Å²) in [5, 5.41) is 5.43. The van der Waals surface area contributed by atoms with E-state index in [1.165, 1.54) is 0 Å². The van der Waals surface area contributed by atoms with Gasteiger partial charge < -0.3 is 10.6 Å². The molecule has 0 aliphatic rings. The van der Waals surface area contributed by atoms with Crippen LogP contribution in [0.2, 0.25) is 0 Å². The van der Waals surface area contributed by atoms with Crippen molar-refractivity contribution in [1.29, 1.82) is 0 Å². The summed E-state index contributed by atoms with van der Waals surface area (Å²) in [6.45, 7) is 2.74. The second kappa shape index (κ2) is 6.61. The SMILES string of the molecule is CCCCNC(=O)Nc1ccc(C=O)cc1. The normalized spacial score (nSPS) is 9.56. The predicted molar refractivity (Wildman–Crippen MR) is 63.8 cm³/mol. The lowest BCUT2D eigenvalue weighted by Crippen LogP contribution is -2.29. The van der Waals surface area contributed by atoms with Gasteiger partial charge in [-0.05, 0) is 30.7 Å². The number of urea groups is 1.